The fraction of sp³-hybridized carbons (Fsp3) is 0.462. The number of nitrogens with zero attached hydrogens (tertiary/aromatic N) is 2. The van der Waals surface area contributed by atoms with E-state index in [0.717, 1.165) is 0 Å². The Labute approximate surface area is 120 Å². The van der Waals surface area contributed by atoms with Gasteiger partial charge in [-0.2, -0.15) is 0 Å². The van der Waals surface area contributed by atoms with Crippen LogP contribution in [0.3, 0.4) is 0 Å². The molecule has 0 aliphatic carbocycles. The first-order chi connectivity index (χ1) is 10.2. The van der Waals surface area contributed by atoms with Gasteiger partial charge in [-0.15, -0.1) is 0 Å². The summed E-state index contributed by atoms with van der Waals surface area (Å²) in [5, 5.41) is 11.4. The molecule has 2 aliphatic heterocycles. The Morgan fingerprint density at radius 1 is 1.43 bits per heavy atom. The van der Waals surface area contributed by atoms with Gasteiger partial charge in [-0.1, -0.05) is 0 Å². The van der Waals surface area contributed by atoms with Crippen molar-refractivity contribution in [1.82, 2.24) is 4.98 Å². The number of cyclic esters (lactones) is 1. The molecule has 0 aromatic carbocycles. The highest BCUT2D eigenvalue weighted by atomic mass is 16.6. The number of hydrogen-bond acceptors (Lipinski definition) is 6. The number of anilines is 2. The van der Waals surface area contributed by atoms with Gasteiger partial charge in [0.25, 0.3) is 5.91 Å². The summed E-state index contributed by atoms with van der Waals surface area (Å²) in [4.78, 5) is 28.8. The summed E-state index contributed by atoms with van der Waals surface area (Å²) >= 11 is 0. The molecular weight excluding hydrogens is 278 g/mol. The topological polar surface area (TPSA) is 101 Å². The van der Waals surface area contributed by atoms with Crippen molar-refractivity contribution in [3.8, 4) is 5.75 Å². The van der Waals surface area contributed by atoms with Crippen molar-refractivity contribution in [2.45, 2.75) is 18.9 Å². The van der Waals surface area contributed by atoms with E-state index in [4.69, 9.17) is 14.6 Å². The molecule has 1 aromatic heterocycles. The second-order valence-corrected chi connectivity index (χ2v) is 4.84. The molecular formula is C13H15N3O5. The molecule has 3 rings (SSSR count). The van der Waals surface area contributed by atoms with Crippen LogP contribution in [0.5, 0.6) is 5.75 Å². The minimum Gasteiger partial charge on any atom is -0.480 e. The summed E-state index contributed by atoms with van der Waals surface area (Å²) in [7, 11) is 0. The number of rotatable bonds is 4. The van der Waals surface area contributed by atoms with E-state index in [-0.39, 0.29) is 25.2 Å². The van der Waals surface area contributed by atoms with Crippen LogP contribution in [0.1, 0.15) is 12.8 Å². The highest BCUT2D eigenvalue weighted by molar-refractivity contribution is 5.95. The smallest absolute Gasteiger partial charge is 0.415 e. The average Bonchev–Trinajstić information content (AvgIpc) is 2.85. The maximum absolute atomic E-state index is 11.9. The van der Waals surface area contributed by atoms with Crippen LogP contribution in [0.25, 0.3) is 0 Å². The van der Waals surface area contributed by atoms with Crippen LogP contribution in [0.2, 0.25) is 0 Å². The zero-order valence-corrected chi connectivity index (χ0v) is 11.2. The Morgan fingerprint density at radius 2 is 2.29 bits per heavy atom. The van der Waals surface area contributed by atoms with E-state index < -0.39 is 6.09 Å². The number of aliphatic hydroxyl groups excluding tert-OH is 1. The summed E-state index contributed by atoms with van der Waals surface area (Å²) in [6.45, 7) is 0.400. The Bertz CT molecular complexity index is 577. The third-order valence-electron chi connectivity index (χ3n) is 3.29. The fourth-order valence-corrected chi connectivity index (χ4v) is 2.28. The van der Waals surface area contributed by atoms with Crippen molar-refractivity contribution in [1.29, 1.82) is 0 Å². The standard InChI is InChI=1S/C13H15N3O5/c17-5-1-2-8-6-16(13(19)21-8)10-4-3-9-12(14-10)15-11(18)7-20-9/h3-4,8,17H,1-2,5-7H2,(H,14,15,18). The SMILES string of the molecule is O=C1COc2ccc(N3CC(CCCO)OC3=O)nc2N1. The zero-order valence-electron chi connectivity index (χ0n) is 11.2. The average molecular weight is 293 g/mol. The van der Waals surface area contributed by atoms with Gasteiger partial charge in [0.15, 0.2) is 18.2 Å². The normalized spacial score (nSPS) is 20.6. The predicted molar refractivity (Wildman–Crippen MR) is 72.3 cm³/mol. The summed E-state index contributed by atoms with van der Waals surface area (Å²) in [6, 6.07) is 3.30. The highest BCUT2D eigenvalue weighted by Gasteiger charge is 2.33. The third-order valence-corrected chi connectivity index (χ3v) is 3.29. The van der Waals surface area contributed by atoms with Gasteiger partial charge in [-0.3, -0.25) is 9.69 Å². The molecule has 2 aliphatic rings. The van der Waals surface area contributed by atoms with E-state index in [1.54, 1.807) is 12.1 Å². The number of hydrogen-bond donors (Lipinski definition) is 2. The lowest BCUT2D eigenvalue weighted by molar-refractivity contribution is -0.118. The quantitative estimate of drug-likeness (QED) is 0.839. The first-order valence-electron chi connectivity index (χ1n) is 6.70. The van der Waals surface area contributed by atoms with Crippen molar-refractivity contribution in [3.05, 3.63) is 12.1 Å². The van der Waals surface area contributed by atoms with Crippen LogP contribution in [-0.4, -0.2) is 48.0 Å². The molecule has 2 amide bonds. The summed E-state index contributed by atoms with van der Waals surface area (Å²) < 4.78 is 10.4. The number of ether oxygens (including phenoxy) is 2. The molecule has 8 heteroatoms. The Hall–Kier alpha value is -2.35. The molecule has 112 valence electrons. The van der Waals surface area contributed by atoms with E-state index in [1.807, 2.05) is 0 Å². The molecule has 8 nitrogen and oxygen atoms in total. The fourth-order valence-electron chi connectivity index (χ4n) is 2.28. The van der Waals surface area contributed by atoms with Gasteiger partial charge in [0.1, 0.15) is 11.9 Å². The molecule has 0 bridgehead atoms. The number of amides is 2. The molecule has 0 spiro atoms. The van der Waals surface area contributed by atoms with Crippen LogP contribution in [0.15, 0.2) is 12.1 Å². The molecule has 1 fully saturated rings. The van der Waals surface area contributed by atoms with Crippen LogP contribution in [-0.2, 0) is 9.53 Å². The maximum atomic E-state index is 11.9. The second-order valence-electron chi connectivity index (χ2n) is 4.84. The van der Waals surface area contributed by atoms with Crippen molar-refractivity contribution in [3.63, 3.8) is 0 Å². The monoisotopic (exact) mass is 293 g/mol. The molecule has 1 saturated heterocycles. The summed E-state index contributed by atoms with van der Waals surface area (Å²) in [6.07, 6.45) is 0.443. The summed E-state index contributed by atoms with van der Waals surface area (Å²) in [5.74, 6) is 0.895. The largest absolute Gasteiger partial charge is 0.480 e. The van der Waals surface area contributed by atoms with E-state index in [9.17, 15) is 9.59 Å². The number of fused-ring (bicyclic) bond motifs is 1. The van der Waals surface area contributed by atoms with Crippen molar-refractivity contribution < 1.29 is 24.2 Å². The van der Waals surface area contributed by atoms with Crippen molar-refractivity contribution in [2.24, 2.45) is 0 Å². The molecule has 3 heterocycles. The first-order valence-corrected chi connectivity index (χ1v) is 6.70. The Morgan fingerprint density at radius 3 is 3.10 bits per heavy atom. The van der Waals surface area contributed by atoms with Gasteiger partial charge >= 0.3 is 6.09 Å². The van der Waals surface area contributed by atoms with Crippen molar-refractivity contribution in [2.75, 3.05) is 30.0 Å². The number of carbonyl (C=O) groups excluding carboxylic acids is 2. The first kappa shape index (κ1) is 13.6. The van der Waals surface area contributed by atoms with Crippen LogP contribution >= 0.6 is 0 Å². The predicted octanol–water partition coefficient (Wildman–Crippen LogP) is 0.510. The van der Waals surface area contributed by atoms with Crippen LogP contribution in [0.4, 0.5) is 16.4 Å². The minimum atomic E-state index is -0.478. The van der Waals surface area contributed by atoms with Gasteiger partial charge in [0.05, 0.1) is 6.54 Å². The third kappa shape index (κ3) is 2.75. The van der Waals surface area contributed by atoms with Gasteiger partial charge in [-0.25, -0.2) is 9.78 Å². The molecule has 1 unspecified atom stereocenters. The molecule has 1 aromatic rings. The lowest BCUT2D eigenvalue weighted by Crippen LogP contribution is -2.29. The van der Waals surface area contributed by atoms with Gasteiger partial charge < -0.3 is 19.9 Å². The molecule has 2 N–H and O–H groups in total. The lowest BCUT2D eigenvalue weighted by atomic mass is 10.2. The second kappa shape index (κ2) is 5.57. The van der Waals surface area contributed by atoms with Gasteiger partial charge in [-0.05, 0) is 25.0 Å². The van der Waals surface area contributed by atoms with E-state index >= 15 is 0 Å². The van der Waals surface area contributed by atoms with E-state index in [2.05, 4.69) is 10.3 Å². The van der Waals surface area contributed by atoms with Gasteiger partial charge in [0.2, 0.25) is 0 Å². The van der Waals surface area contributed by atoms with Gasteiger partial charge in [0, 0.05) is 6.61 Å². The van der Waals surface area contributed by atoms with E-state index in [0.29, 0.717) is 36.8 Å². The Balaban J connectivity index is 1.76. The lowest BCUT2D eigenvalue weighted by Gasteiger charge is -2.19. The number of pyridine rings is 1. The highest BCUT2D eigenvalue weighted by Crippen LogP contribution is 2.30. The molecule has 1 atom stereocenters. The maximum Gasteiger partial charge on any atom is 0.415 e. The zero-order chi connectivity index (χ0) is 14.8. The number of carbonyl (C=O) groups is 2. The summed E-state index contributed by atoms with van der Waals surface area (Å²) in [5.41, 5.74) is 0. The van der Waals surface area contributed by atoms with Crippen molar-refractivity contribution >= 4 is 23.6 Å². The number of nitrogens with one attached hydrogen (secondary N) is 1. The number of aromatic nitrogens is 1. The molecule has 21 heavy (non-hydrogen) atoms. The van der Waals surface area contributed by atoms with E-state index in [1.165, 1.54) is 4.90 Å². The number of aliphatic hydroxyl groups is 1. The van der Waals surface area contributed by atoms with Crippen LogP contribution < -0.4 is 15.0 Å². The minimum absolute atomic E-state index is 0.0387. The molecule has 0 radical (unpaired) electrons. The Kier molecular flexibility index (Phi) is 3.61. The van der Waals surface area contributed by atoms with Crippen LogP contribution in [0, 0.1) is 0 Å². The molecule has 0 saturated carbocycles.